The van der Waals surface area contributed by atoms with Crippen LogP contribution in [0.2, 0.25) is 0 Å². The fourth-order valence-electron chi connectivity index (χ4n) is 1.18. The van der Waals surface area contributed by atoms with Crippen LogP contribution in [0.15, 0.2) is 29.2 Å². The molecule has 108 valence electrons. The second-order valence-corrected chi connectivity index (χ2v) is 6.09. The normalized spacial score (nSPS) is 14.7. The summed E-state index contributed by atoms with van der Waals surface area (Å²) in [7, 11) is -4.03. The van der Waals surface area contributed by atoms with E-state index in [1.54, 1.807) is 20.8 Å². The van der Waals surface area contributed by atoms with Crippen molar-refractivity contribution in [1.82, 2.24) is 0 Å². The van der Waals surface area contributed by atoms with Gasteiger partial charge in [-0.1, -0.05) is 13.8 Å². The molecule has 0 radical (unpaired) electrons. The van der Waals surface area contributed by atoms with Gasteiger partial charge in [-0.05, 0) is 37.1 Å². The number of alkyl halides is 3. The Morgan fingerprint density at radius 1 is 1.05 bits per heavy atom. The molecule has 0 spiro atoms. The first-order chi connectivity index (χ1) is 8.54. The second kappa shape index (κ2) is 5.50. The third-order valence-corrected chi connectivity index (χ3v) is 4.09. The van der Waals surface area contributed by atoms with E-state index in [-0.39, 0.29) is 10.8 Å². The van der Waals surface area contributed by atoms with Crippen molar-refractivity contribution in [1.29, 1.82) is 0 Å². The summed E-state index contributed by atoms with van der Waals surface area (Å²) in [6.07, 6.45) is -5.04. The highest BCUT2D eigenvalue weighted by molar-refractivity contribution is 7.86. The first kappa shape index (κ1) is 16.0. The molecule has 0 amide bonds. The number of benzene rings is 1. The van der Waals surface area contributed by atoms with Crippen LogP contribution in [0, 0.1) is 5.92 Å². The maximum absolute atomic E-state index is 12.4. The van der Waals surface area contributed by atoms with Crippen LogP contribution in [0.5, 0.6) is 0 Å². The number of rotatable bonds is 4. The fraction of sp³-hybridized carbons (Fsp3) is 0.500. The van der Waals surface area contributed by atoms with Gasteiger partial charge in [-0.2, -0.15) is 21.6 Å². The molecule has 0 aliphatic carbocycles. The van der Waals surface area contributed by atoms with Crippen LogP contribution in [-0.2, 0) is 20.5 Å². The third kappa shape index (κ3) is 4.21. The van der Waals surface area contributed by atoms with Crippen molar-refractivity contribution in [3.63, 3.8) is 0 Å². The maximum Gasteiger partial charge on any atom is 0.416 e. The Morgan fingerprint density at radius 3 is 1.89 bits per heavy atom. The topological polar surface area (TPSA) is 43.4 Å². The Hall–Kier alpha value is -1.08. The molecule has 1 unspecified atom stereocenters. The first-order valence-corrected chi connectivity index (χ1v) is 7.05. The van der Waals surface area contributed by atoms with Crippen LogP contribution in [0.3, 0.4) is 0 Å². The maximum atomic E-state index is 12.4. The Bertz CT molecular complexity index is 518. The van der Waals surface area contributed by atoms with Crippen LogP contribution < -0.4 is 0 Å². The lowest BCUT2D eigenvalue weighted by molar-refractivity contribution is -0.137. The van der Waals surface area contributed by atoms with E-state index in [4.69, 9.17) is 4.18 Å². The molecular formula is C12H15F3O3S. The van der Waals surface area contributed by atoms with Crippen LogP contribution in [-0.4, -0.2) is 14.5 Å². The molecule has 1 aromatic carbocycles. The van der Waals surface area contributed by atoms with E-state index in [0.717, 1.165) is 24.3 Å². The quantitative estimate of drug-likeness (QED) is 0.799. The minimum Gasteiger partial charge on any atom is -0.263 e. The standard InChI is InChI=1S/C12H15F3O3S/c1-8(2)9(3)18-19(16,17)11-6-4-10(5-7-11)12(13,14)15/h4-9H,1-3H3. The number of hydrogen-bond acceptors (Lipinski definition) is 3. The molecule has 1 rings (SSSR count). The Morgan fingerprint density at radius 2 is 1.53 bits per heavy atom. The van der Waals surface area contributed by atoms with Gasteiger partial charge in [0.2, 0.25) is 0 Å². The number of halogens is 3. The van der Waals surface area contributed by atoms with E-state index in [1.165, 1.54) is 0 Å². The average Bonchev–Trinajstić information content (AvgIpc) is 2.27. The summed E-state index contributed by atoms with van der Waals surface area (Å²) >= 11 is 0. The van der Waals surface area contributed by atoms with Gasteiger partial charge in [-0.3, -0.25) is 4.18 Å². The first-order valence-electron chi connectivity index (χ1n) is 5.64. The van der Waals surface area contributed by atoms with E-state index in [0.29, 0.717) is 0 Å². The Balaban J connectivity index is 2.98. The average molecular weight is 296 g/mol. The van der Waals surface area contributed by atoms with Crippen molar-refractivity contribution in [2.75, 3.05) is 0 Å². The predicted octanol–water partition coefficient (Wildman–Crippen LogP) is 3.46. The van der Waals surface area contributed by atoms with E-state index in [2.05, 4.69) is 0 Å². The van der Waals surface area contributed by atoms with Gasteiger partial charge >= 0.3 is 6.18 Å². The zero-order chi connectivity index (χ0) is 14.8. The summed E-state index contributed by atoms with van der Waals surface area (Å²) in [5.41, 5.74) is -0.900. The molecule has 1 aromatic rings. The molecule has 0 heterocycles. The molecule has 0 fully saturated rings. The molecule has 19 heavy (non-hydrogen) atoms. The molecule has 0 aliphatic heterocycles. The van der Waals surface area contributed by atoms with Crippen LogP contribution >= 0.6 is 0 Å². The molecule has 0 aliphatic rings. The zero-order valence-corrected chi connectivity index (χ0v) is 11.5. The van der Waals surface area contributed by atoms with Crippen molar-refractivity contribution in [2.45, 2.75) is 37.9 Å². The van der Waals surface area contributed by atoms with Gasteiger partial charge in [0.1, 0.15) is 0 Å². The summed E-state index contributed by atoms with van der Waals surface area (Å²) in [5, 5.41) is 0. The molecule has 3 nitrogen and oxygen atoms in total. The molecule has 0 bridgehead atoms. The zero-order valence-electron chi connectivity index (χ0n) is 10.7. The van der Waals surface area contributed by atoms with Crippen molar-refractivity contribution in [2.24, 2.45) is 5.92 Å². The second-order valence-electron chi connectivity index (χ2n) is 4.52. The highest BCUT2D eigenvalue weighted by Gasteiger charge is 2.31. The smallest absolute Gasteiger partial charge is 0.263 e. The minimum atomic E-state index is -4.49. The fourth-order valence-corrected chi connectivity index (χ4v) is 2.38. The molecular weight excluding hydrogens is 281 g/mol. The van der Waals surface area contributed by atoms with Crippen LogP contribution in [0.25, 0.3) is 0 Å². The summed E-state index contributed by atoms with van der Waals surface area (Å²) in [6.45, 7) is 5.16. The Kier molecular flexibility index (Phi) is 4.63. The summed E-state index contributed by atoms with van der Waals surface area (Å²) in [4.78, 5) is -0.284. The van der Waals surface area contributed by atoms with Crippen molar-refractivity contribution >= 4 is 10.1 Å². The van der Waals surface area contributed by atoms with Gasteiger partial charge in [0.05, 0.1) is 16.6 Å². The molecule has 1 atom stereocenters. The molecule has 0 saturated heterocycles. The lowest BCUT2D eigenvalue weighted by Crippen LogP contribution is -2.20. The summed E-state index contributed by atoms with van der Waals surface area (Å²) < 4.78 is 65.6. The van der Waals surface area contributed by atoms with Gasteiger partial charge in [0, 0.05) is 0 Å². The van der Waals surface area contributed by atoms with Gasteiger partial charge < -0.3 is 0 Å². The summed E-state index contributed by atoms with van der Waals surface area (Å²) in [5.74, 6) is -0.0239. The van der Waals surface area contributed by atoms with Crippen LogP contribution in [0.4, 0.5) is 13.2 Å². The van der Waals surface area contributed by atoms with E-state index in [9.17, 15) is 21.6 Å². The van der Waals surface area contributed by atoms with Crippen LogP contribution in [0.1, 0.15) is 26.3 Å². The predicted molar refractivity (Wildman–Crippen MR) is 64.0 cm³/mol. The minimum absolute atomic E-state index is 0.0239. The molecule has 0 saturated carbocycles. The number of hydrogen-bond donors (Lipinski definition) is 0. The molecule has 0 N–H and O–H groups in total. The SMILES string of the molecule is CC(C)C(C)OS(=O)(=O)c1ccc(C(F)(F)F)cc1. The molecule has 7 heteroatoms. The van der Waals surface area contributed by atoms with E-state index < -0.39 is 28.0 Å². The largest absolute Gasteiger partial charge is 0.416 e. The van der Waals surface area contributed by atoms with Crippen molar-refractivity contribution in [3.05, 3.63) is 29.8 Å². The highest BCUT2D eigenvalue weighted by atomic mass is 32.2. The van der Waals surface area contributed by atoms with Gasteiger partial charge in [-0.15, -0.1) is 0 Å². The summed E-state index contributed by atoms with van der Waals surface area (Å²) in [6, 6.07) is 3.23. The van der Waals surface area contributed by atoms with Gasteiger partial charge in [-0.25, -0.2) is 0 Å². The lowest BCUT2D eigenvalue weighted by atomic mass is 10.1. The van der Waals surface area contributed by atoms with Gasteiger partial charge in [0.25, 0.3) is 10.1 Å². The van der Waals surface area contributed by atoms with Gasteiger partial charge in [0.15, 0.2) is 0 Å². The van der Waals surface area contributed by atoms with E-state index in [1.807, 2.05) is 0 Å². The van der Waals surface area contributed by atoms with Crippen molar-refractivity contribution < 1.29 is 25.8 Å². The highest BCUT2D eigenvalue weighted by Crippen LogP contribution is 2.30. The third-order valence-electron chi connectivity index (χ3n) is 2.69. The monoisotopic (exact) mass is 296 g/mol. The van der Waals surface area contributed by atoms with Crippen molar-refractivity contribution in [3.8, 4) is 0 Å². The van der Waals surface area contributed by atoms with E-state index >= 15 is 0 Å². The Labute approximate surface area is 110 Å². The lowest BCUT2D eigenvalue weighted by Gasteiger charge is -2.16. The molecule has 0 aromatic heterocycles.